The molecule has 1 unspecified atom stereocenters. The number of amides is 2. The molecule has 9 nitrogen and oxygen atoms in total. The van der Waals surface area contributed by atoms with E-state index in [2.05, 4.69) is 10.2 Å². The Bertz CT molecular complexity index is 955. The first-order valence-corrected chi connectivity index (χ1v) is 12.8. The summed E-state index contributed by atoms with van der Waals surface area (Å²) in [5, 5.41) is 2.96. The minimum Gasteiger partial charge on any atom is -0.379 e. The molecule has 3 heterocycles. The standard InChI is InChI=1S/C22H32N4O5S/c1-17(27)26-20-6-5-19(32(29,30)25-9-2-3-10-25)15-18(20)16-21(26)22(28)23-7-4-8-24-11-13-31-14-12-24/h5-6,15,21H,2-4,7-14,16H2,1H3,(H,23,28). The number of benzene rings is 1. The number of hydrogen-bond donors (Lipinski definition) is 1. The summed E-state index contributed by atoms with van der Waals surface area (Å²) in [6, 6.07) is 4.18. The van der Waals surface area contributed by atoms with E-state index in [-0.39, 0.29) is 16.7 Å². The van der Waals surface area contributed by atoms with Gasteiger partial charge in [-0.25, -0.2) is 8.42 Å². The van der Waals surface area contributed by atoms with Crippen molar-refractivity contribution in [2.45, 2.75) is 43.5 Å². The third kappa shape index (κ3) is 4.83. The number of carbonyl (C=O) groups is 2. The molecule has 0 bridgehead atoms. The summed E-state index contributed by atoms with van der Waals surface area (Å²) in [7, 11) is -3.55. The maximum Gasteiger partial charge on any atom is 0.243 e. The van der Waals surface area contributed by atoms with Crippen LogP contribution in [0.2, 0.25) is 0 Å². The monoisotopic (exact) mass is 464 g/mol. The summed E-state index contributed by atoms with van der Waals surface area (Å²) in [4.78, 5) is 29.3. The summed E-state index contributed by atoms with van der Waals surface area (Å²) in [5.74, 6) is -0.435. The second-order valence-electron chi connectivity index (χ2n) is 8.61. The second-order valence-corrected chi connectivity index (χ2v) is 10.5. The number of carbonyl (C=O) groups excluding carboxylic acids is 2. The molecule has 0 spiro atoms. The number of sulfonamides is 1. The van der Waals surface area contributed by atoms with Crippen LogP contribution < -0.4 is 10.2 Å². The zero-order valence-electron chi connectivity index (χ0n) is 18.6. The van der Waals surface area contributed by atoms with Gasteiger partial charge in [-0.2, -0.15) is 4.31 Å². The van der Waals surface area contributed by atoms with Crippen LogP contribution in [0, 0.1) is 0 Å². The lowest BCUT2D eigenvalue weighted by atomic mass is 10.1. The lowest BCUT2D eigenvalue weighted by Gasteiger charge is -2.27. The number of anilines is 1. The summed E-state index contributed by atoms with van der Waals surface area (Å²) in [6.07, 6.45) is 2.88. The number of nitrogens with one attached hydrogen (secondary N) is 1. The van der Waals surface area contributed by atoms with Gasteiger partial charge >= 0.3 is 0 Å². The molecule has 0 radical (unpaired) electrons. The Morgan fingerprint density at radius 1 is 1.12 bits per heavy atom. The topological polar surface area (TPSA) is 99.3 Å². The van der Waals surface area contributed by atoms with Gasteiger partial charge in [0.15, 0.2) is 0 Å². The highest BCUT2D eigenvalue weighted by molar-refractivity contribution is 7.89. The third-order valence-corrected chi connectivity index (χ3v) is 8.33. The van der Waals surface area contributed by atoms with Crippen LogP contribution in [-0.2, 0) is 30.8 Å². The number of ether oxygens (including phenoxy) is 1. The molecule has 176 valence electrons. The first kappa shape index (κ1) is 23.2. The molecule has 2 saturated heterocycles. The van der Waals surface area contributed by atoms with Crippen LogP contribution in [0.4, 0.5) is 5.69 Å². The Kier molecular flexibility index (Phi) is 7.14. The molecule has 1 aromatic rings. The molecule has 0 aromatic heterocycles. The third-order valence-electron chi connectivity index (χ3n) is 6.43. The Labute approximate surface area is 189 Å². The summed E-state index contributed by atoms with van der Waals surface area (Å²) in [5.41, 5.74) is 1.33. The largest absolute Gasteiger partial charge is 0.379 e. The molecule has 3 aliphatic heterocycles. The Hall–Kier alpha value is -2.01. The Morgan fingerprint density at radius 3 is 2.53 bits per heavy atom. The van der Waals surface area contributed by atoms with Crippen LogP contribution in [-0.4, -0.2) is 88.0 Å². The lowest BCUT2D eigenvalue weighted by Crippen LogP contribution is -2.48. The zero-order chi connectivity index (χ0) is 22.7. The highest BCUT2D eigenvalue weighted by Gasteiger charge is 2.38. The minimum absolute atomic E-state index is 0.206. The average molecular weight is 465 g/mol. The van der Waals surface area contributed by atoms with Gasteiger partial charge in [-0.3, -0.25) is 19.4 Å². The smallest absolute Gasteiger partial charge is 0.243 e. The molecule has 1 aromatic carbocycles. The van der Waals surface area contributed by atoms with Gasteiger partial charge in [0.25, 0.3) is 0 Å². The summed E-state index contributed by atoms with van der Waals surface area (Å²) in [6.45, 7) is 7.24. The molecular weight excluding hydrogens is 432 g/mol. The summed E-state index contributed by atoms with van der Waals surface area (Å²) < 4.78 is 32.7. The van der Waals surface area contributed by atoms with E-state index < -0.39 is 16.1 Å². The quantitative estimate of drug-likeness (QED) is 0.593. The number of morpholine rings is 1. The minimum atomic E-state index is -3.55. The van der Waals surface area contributed by atoms with Crippen LogP contribution in [0.1, 0.15) is 31.7 Å². The van der Waals surface area contributed by atoms with Gasteiger partial charge in [-0.15, -0.1) is 0 Å². The number of nitrogens with zero attached hydrogens (tertiary/aromatic N) is 3. The van der Waals surface area contributed by atoms with E-state index in [1.807, 2.05) is 0 Å². The van der Waals surface area contributed by atoms with Gasteiger partial charge in [0.05, 0.1) is 18.1 Å². The van der Waals surface area contributed by atoms with Crippen molar-refractivity contribution in [3.8, 4) is 0 Å². The molecular formula is C22H32N4O5S. The Balaban J connectivity index is 1.41. The van der Waals surface area contributed by atoms with E-state index in [1.54, 1.807) is 18.2 Å². The lowest BCUT2D eigenvalue weighted by molar-refractivity contribution is -0.125. The van der Waals surface area contributed by atoms with Crippen molar-refractivity contribution in [2.75, 3.05) is 57.4 Å². The Morgan fingerprint density at radius 2 is 1.84 bits per heavy atom. The number of hydrogen-bond acceptors (Lipinski definition) is 6. The van der Waals surface area contributed by atoms with E-state index >= 15 is 0 Å². The second kappa shape index (κ2) is 9.86. The van der Waals surface area contributed by atoms with Gasteiger partial charge < -0.3 is 10.1 Å². The maximum absolute atomic E-state index is 12.9. The first-order valence-electron chi connectivity index (χ1n) is 11.4. The summed E-state index contributed by atoms with van der Waals surface area (Å²) >= 11 is 0. The van der Waals surface area contributed by atoms with E-state index in [4.69, 9.17) is 4.74 Å². The average Bonchev–Trinajstić information content (AvgIpc) is 3.45. The highest BCUT2D eigenvalue weighted by Crippen LogP contribution is 2.35. The van der Waals surface area contributed by atoms with Crippen molar-refractivity contribution in [2.24, 2.45) is 0 Å². The number of rotatable bonds is 7. The van der Waals surface area contributed by atoms with Gasteiger partial charge in [-0.1, -0.05) is 0 Å². The zero-order valence-corrected chi connectivity index (χ0v) is 19.4. The van der Waals surface area contributed by atoms with Crippen LogP contribution in [0.25, 0.3) is 0 Å². The van der Waals surface area contributed by atoms with Crippen LogP contribution >= 0.6 is 0 Å². The van der Waals surface area contributed by atoms with Gasteiger partial charge in [0, 0.05) is 51.8 Å². The van der Waals surface area contributed by atoms with E-state index in [9.17, 15) is 18.0 Å². The fraction of sp³-hybridized carbons (Fsp3) is 0.636. The molecule has 2 fully saturated rings. The molecule has 4 rings (SSSR count). The van der Waals surface area contributed by atoms with E-state index in [0.717, 1.165) is 52.1 Å². The molecule has 0 saturated carbocycles. The molecule has 32 heavy (non-hydrogen) atoms. The molecule has 10 heteroatoms. The number of fused-ring (bicyclic) bond motifs is 1. The first-order chi connectivity index (χ1) is 15.4. The van der Waals surface area contributed by atoms with E-state index in [1.165, 1.54) is 16.1 Å². The van der Waals surface area contributed by atoms with Crippen molar-refractivity contribution >= 4 is 27.5 Å². The fourth-order valence-corrected chi connectivity index (χ4v) is 6.29. The normalized spacial score (nSPS) is 22.2. The molecule has 1 N–H and O–H groups in total. The van der Waals surface area contributed by atoms with Gasteiger partial charge in [0.1, 0.15) is 6.04 Å². The van der Waals surface area contributed by atoms with Crippen molar-refractivity contribution in [1.82, 2.24) is 14.5 Å². The van der Waals surface area contributed by atoms with Crippen molar-refractivity contribution in [1.29, 1.82) is 0 Å². The SMILES string of the molecule is CC(=O)N1c2ccc(S(=O)(=O)N3CCCC3)cc2CC1C(=O)NCCCN1CCOCC1. The molecule has 1 atom stereocenters. The van der Waals surface area contributed by atoms with Gasteiger partial charge in [0.2, 0.25) is 21.8 Å². The predicted molar refractivity (Wildman–Crippen MR) is 120 cm³/mol. The fourth-order valence-electron chi connectivity index (χ4n) is 4.72. The van der Waals surface area contributed by atoms with Crippen molar-refractivity contribution in [3.63, 3.8) is 0 Å². The molecule has 3 aliphatic rings. The predicted octanol–water partition coefficient (Wildman–Crippen LogP) is 0.587. The maximum atomic E-state index is 12.9. The highest BCUT2D eigenvalue weighted by atomic mass is 32.2. The van der Waals surface area contributed by atoms with Crippen LogP contribution in [0.3, 0.4) is 0 Å². The van der Waals surface area contributed by atoms with Crippen molar-refractivity contribution in [3.05, 3.63) is 23.8 Å². The molecule has 0 aliphatic carbocycles. The van der Waals surface area contributed by atoms with Gasteiger partial charge in [-0.05, 0) is 49.6 Å². The molecule has 2 amide bonds. The van der Waals surface area contributed by atoms with Crippen LogP contribution in [0.5, 0.6) is 0 Å². The van der Waals surface area contributed by atoms with E-state index in [0.29, 0.717) is 37.3 Å². The van der Waals surface area contributed by atoms with Crippen LogP contribution in [0.15, 0.2) is 23.1 Å². The van der Waals surface area contributed by atoms with Crippen molar-refractivity contribution < 1.29 is 22.7 Å².